The highest BCUT2D eigenvalue weighted by molar-refractivity contribution is 5.78. The van der Waals surface area contributed by atoms with Crippen molar-refractivity contribution >= 4 is 12.0 Å². The van der Waals surface area contributed by atoms with Crippen molar-refractivity contribution in [3.63, 3.8) is 0 Å². The predicted molar refractivity (Wildman–Crippen MR) is 51.7 cm³/mol. The number of amides is 2. The maximum Gasteiger partial charge on any atom is 0.323 e. The zero-order valence-electron chi connectivity index (χ0n) is 8.25. The van der Waals surface area contributed by atoms with Crippen molar-refractivity contribution in [2.45, 2.75) is 31.7 Å². The molecule has 0 saturated carbocycles. The summed E-state index contributed by atoms with van der Waals surface area (Å²) >= 11 is 0. The van der Waals surface area contributed by atoms with Crippen molar-refractivity contribution in [3.05, 3.63) is 0 Å². The van der Waals surface area contributed by atoms with Crippen LogP contribution in [0, 0.1) is 0 Å². The number of primary amides is 1. The summed E-state index contributed by atoms with van der Waals surface area (Å²) < 4.78 is 0. The lowest BCUT2D eigenvalue weighted by molar-refractivity contribution is -0.143. The molecule has 0 aromatic carbocycles. The van der Waals surface area contributed by atoms with Crippen molar-refractivity contribution in [1.82, 2.24) is 5.32 Å². The first-order valence-corrected chi connectivity index (χ1v) is 4.48. The molecule has 0 aromatic rings. The minimum atomic E-state index is -1.20. The Bertz CT molecular complexity index is 220. The third-order valence-electron chi connectivity index (χ3n) is 2.16. The zero-order chi connectivity index (χ0) is 11.2. The number of rotatable bonds is 6. The third-order valence-corrected chi connectivity index (χ3v) is 2.16. The molecule has 14 heavy (non-hydrogen) atoms. The molecule has 82 valence electrons. The molecular formula is C8H17N3O3. The van der Waals surface area contributed by atoms with E-state index in [0.717, 1.165) is 0 Å². The number of hydrogen-bond donors (Lipinski definition) is 4. The van der Waals surface area contributed by atoms with Crippen molar-refractivity contribution in [1.29, 1.82) is 0 Å². The average Bonchev–Trinajstić information content (AvgIpc) is 2.11. The number of urea groups is 1. The molecule has 0 aliphatic heterocycles. The van der Waals surface area contributed by atoms with Gasteiger partial charge in [-0.1, -0.05) is 6.92 Å². The molecule has 0 heterocycles. The highest BCUT2D eigenvalue weighted by Crippen LogP contribution is 2.13. The van der Waals surface area contributed by atoms with Gasteiger partial charge in [-0.25, -0.2) is 4.79 Å². The van der Waals surface area contributed by atoms with Gasteiger partial charge < -0.3 is 21.9 Å². The molecule has 0 fully saturated rings. The number of carbonyl (C=O) groups is 2. The molecule has 0 radical (unpaired) electrons. The molecule has 1 unspecified atom stereocenters. The van der Waals surface area contributed by atoms with Gasteiger partial charge in [0, 0.05) is 6.54 Å². The van der Waals surface area contributed by atoms with E-state index >= 15 is 0 Å². The Morgan fingerprint density at radius 2 is 2.07 bits per heavy atom. The third kappa shape index (κ3) is 4.08. The van der Waals surface area contributed by atoms with E-state index in [0.29, 0.717) is 25.8 Å². The topological polar surface area (TPSA) is 118 Å². The van der Waals surface area contributed by atoms with Crippen LogP contribution in [0.1, 0.15) is 26.2 Å². The van der Waals surface area contributed by atoms with Gasteiger partial charge in [-0.15, -0.1) is 0 Å². The molecule has 6 N–H and O–H groups in total. The van der Waals surface area contributed by atoms with E-state index < -0.39 is 17.5 Å². The van der Waals surface area contributed by atoms with E-state index in [1.54, 1.807) is 6.92 Å². The number of carboxylic acids is 1. The van der Waals surface area contributed by atoms with Gasteiger partial charge in [0.25, 0.3) is 0 Å². The van der Waals surface area contributed by atoms with Crippen LogP contribution in [-0.4, -0.2) is 29.2 Å². The number of carbonyl (C=O) groups excluding carboxylic acids is 1. The molecule has 6 heteroatoms. The fraction of sp³-hybridized carbons (Fsp3) is 0.750. The van der Waals surface area contributed by atoms with Gasteiger partial charge in [0.2, 0.25) is 0 Å². The molecule has 0 aliphatic carbocycles. The van der Waals surface area contributed by atoms with E-state index in [9.17, 15) is 9.59 Å². The first-order chi connectivity index (χ1) is 6.42. The number of nitrogens with one attached hydrogen (secondary N) is 1. The highest BCUT2D eigenvalue weighted by Gasteiger charge is 2.30. The monoisotopic (exact) mass is 203 g/mol. The molecule has 6 nitrogen and oxygen atoms in total. The van der Waals surface area contributed by atoms with Gasteiger partial charge in [-0.3, -0.25) is 4.79 Å². The zero-order valence-corrected chi connectivity index (χ0v) is 8.25. The van der Waals surface area contributed by atoms with Gasteiger partial charge >= 0.3 is 12.0 Å². The van der Waals surface area contributed by atoms with Crippen LogP contribution < -0.4 is 16.8 Å². The first-order valence-electron chi connectivity index (χ1n) is 4.48. The first kappa shape index (κ1) is 12.7. The Morgan fingerprint density at radius 1 is 1.50 bits per heavy atom. The average molecular weight is 203 g/mol. The largest absolute Gasteiger partial charge is 0.480 e. The van der Waals surface area contributed by atoms with Gasteiger partial charge in [0.05, 0.1) is 0 Å². The van der Waals surface area contributed by atoms with E-state index in [-0.39, 0.29) is 0 Å². The van der Waals surface area contributed by atoms with Gasteiger partial charge in [0.15, 0.2) is 0 Å². The number of nitrogens with two attached hydrogens (primary N) is 2. The van der Waals surface area contributed by atoms with Crippen LogP contribution in [0.3, 0.4) is 0 Å². The molecule has 1 atom stereocenters. The predicted octanol–water partition coefficient (Wildman–Crippen LogP) is -0.373. The van der Waals surface area contributed by atoms with Crippen LogP contribution in [0.25, 0.3) is 0 Å². The molecule has 0 spiro atoms. The van der Waals surface area contributed by atoms with Gasteiger partial charge in [-0.2, -0.15) is 0 Å². The second-order valence-corrected chi connectivity index (χ2v) is 3.21. The summed E-state index contributed by atoms with van der Waals surface area (Å²) in [6.07, 6.45) is 1.18. The van der Waals surface area contributed by atoms with Crippen LogP contribution in [0.15, 0.2) is 0 Å². The summed E-state index contributed by atoms with van der Waals surface area (Å²) in [6, 6.07) is -0.612. The van der Waals surface area contributed by atoms with Crippen molar-refractivity contribution in [2.75, 3.05) is 6.54 Å². The smallest absolute Gasteiger partial charge is 0.323 e. The minimum absolute atomic E-state index is 0.319. The van der Waals surface area contributed by atoms with Crippen molar-refractivity contribution in [3.8, 4) is 0 Å². The molecule has 0 aromatic heterocycles. The van der Waals surface area contributed by atoms with E-state index in [2.05, 4.69) is 5.32 Å². The summed E-state index contributed by atoms with van der Waals surface area (Å²) in [4.78, 5) is 21.0. The van der Waals surface area contributed by atoms with Crippen LogP contribution in [-0.2, 0) is 4.79 Å². The van der Waals surface area contributed by atoms with Gasteiger partial charge in [-0.05, 0) is 19.3 Å². The minimum Gasteiger partial charge on any atom is -0.480 e. The summed E-state index contributed by atoms with van der Waals surface area (Å²) in [5.41, 5.74) is 9.26. The van der Waals surface area contributed by atoms with Crippen LogP contribution in [0.2, 0.25) is 0 Å². The Morgan fingerprint density at radius 3 is 2.43 bits per heavy atom. The molecule has 0 saturated heterocycles. The Balaban J connectivity index is 3.85. The van der Waals surface area contributed by atoms with Crippen LogP contribution in [0.4, 0.5) is 4.79 Å². The summed E-state index contributed by atoms with van der Waals surface area (Å²) in [5, 5.41) is 11.2. The lowest BCUT2D eigenvalue weighted by atomic mass is 9.92. The molecule has 0 rings (SSSR count). The summed E-state index contributed by atoms with van der Waals surface area (Å²) in [6.45, 7) is 2.07. The van der Waals surface area contributed by atoms with Crippen molar-refractivity contribution in [2.24, 2.45) is 11.5 Å². The maximum absolute atomic E-state index is 10.7. The summed E-state index contributed by atoms with van der Waals surface area (Å²) in [5.74, 6) is -1.01. The Hall–Kier alpha value is -1.30. The van der Waals surface area contributed by atoms with Crippen molar-refractivity contribution < 1.29 is 14.7 Å². The molecule has 0 aliphatic rings. The van der Waals surface area contributed by atoms with Gasteiger partial charge in [0.1, 0.15) is 5.54 Å². The highest BCUT2D eigenvalue weighted by atomic mass is 16.4. The van der Waals surface area contributed by atoms with E-state index in [1.165, 1.54) is 0 Å². The lowest BCUT2D eigenvalue weighted by Crippen LogP contribution is -2.47. The lowest BCUT2D eigenvalue weighted by Gasteiger charge is -2.22. The molecule has 2 amide bonds. The summed E-state index contributed by atoms with van der Waals surface area (Å²) in [7, 11) is 0. The quantitative estimate of drug-likeness (QED) is 0.440. The maximum atomic E-state index is 10.7. The second-order valence-electron chi connectivity index (χ2n) is 3.21. The number of aliphatic carboxylic acids is 1. The Kier molecular flexibility index (Phi) is 4.93. The van der Waals surface area contributed by atoms with Crippen LogP contribution in [0.5, 0.6) is 0 Å². The molecular weight excluding hydrogens is 186 g/mol. The molecule has 0 bridgehead atoms. The fourth-order valence-electron chi connectivity index (χ4n) is 1.05. The SMILES string of the molecule is CCC(N)(CCCNC(N)=O)C(=O)O. The normalized spacial score (nSPS) is 14.4. The van der Waals surface area contributed by atoms with E-state index in [1.807, 2.05) is 0 Å². The number of hydrogen-bond acceptors (Lipinski definition) is 3. The standard InChI is InChI=1S/C8H17N3O3/c1-2-8(10,6(12)13)4-3-5-11-7(9)14/h2-5,10H2,1H3,(H,12,13)(H3,9,11,14). The second kappa shape index (κ2) is 5.43. The number of carboxylic acid groups (broad SMARTS) is 1. The van der Waals surface area contributed by atoms with E-state index in [4.69, 9.17) is 16.6 Å². The van der Waals surface area contributed by atoms with Crippen LogP contribution >= 0.6 is 0 Å². The Labute approximate surface area is 82.6 Å². The fourth-order valence-corrected chi connectivity index (χ4v) is 1.05.